The number of amides is 3. The van der Waals surface area contributed by atoms with Crippen LogP contribution in [0.15, 0.2) is 12.1 Å². The fourth-order valence-electron chi connectivity index (χ4n) is 3.41. The van der Waals surface area contributed by atoms with Crippen molar-refractivity contribution in [3.63, 3.8) is 0 Å². The SMILES string of the molecule is O=C(Cc1ccc(Cl)s1)N1CCCN(C(=O)NC2CCCC2)CC1. The number of nitrogens with zero attached hydrogens (tertiary/aromatic N) is 2. The molecule has 132 valence electrons. The van der Waals surface area contributed by atoms with E-state index >= 15 is 0 Å². The Morgan fingerprint density at radius 1 is 1.08 bits per heavy atom. The number of urea groups is 1. The van der Waals surface area contributed by atoms with Crippen molar-refractivity contribution in [2.24, 2.45) is 0 Å². The molecule has 0 radical (unpaired) electrons. The van der Waals surface area contributed by atoms with Crippen molar-refractivity contribution in [2.45, 2.75) is 44.6 Å². The van der Waals surface area contributed by atoms with Gasteiger partial charge in [-0.1, -0.05) is 24.4 Å². The molecule has 1 aromatic heterocycles. The van der Waals surface area contributed by atoms with Crippen LogP contribution in [0.25, 0.3) is 0 Å². The molecule has 3 amide bonds. The van der Waals surface area contributed by atoms with Gasteiger partial charge in [-0.25, -0.2) is 4.79 Å². The van der Waals surface area contributed by atoms with E-state index in [1.807, 2.05) is 21.9 Å². The highest BCUT2D eigenvalue weighted by Gasteiger charge is 2.24. The van der Waals surface area contributed by atoms with Crippen molar-refractivity contribution >= 4 is 34.9 Å². The maximum Gasteiger partial charge on any atom is 0.317 e. The van der Waals surface area contributed by atoms with Crippen LogP contribution in [0.4, 0.5) is 4.79 Å². The quantitative estimate of drug-likeness (QED) is 0.889. The zero-order valence-electron chi connectivity index (χ0n) is 13.8. The Morgan fingerprint density at radius 2 is 1.79 bits per heavy atom. The molecule has 0 bridgehead atoms. The summed E-state index contributed by atoms with van der Waals surface area (Å²) in [6.45, 7) is 2.64. The fourth-order valence-corrected chi connectivity index (χ4v) is 4.49. The Labute approximate surface area is 152 Å². The lowest BCUT2D eigenvalue weighted by Crippen LogP contribution is -2.45. The van der Waals surface area contributed by atoms with Gasteiger partial charge in [0.25, 0.3) is 0 Å². The first-order valence-corrected chi connectivity index (χ1v) is 9.89. The highest BCUT2D eigenvalue weighted by Crippen LogP contribution is 2.22. The summed E-state index contributed by atoms with van der Waals surface area (Å²) in [5.41, 5.74) is 0. The normalized spacial score (nSPS) is 19.4. The van der Waals surface area contributed by atoms with Crippen molar-refractivity contribution in [1.82, 2.24) is 15.1 Å². The molecular weight excluding hydrogens is 346 g/mol. The van der Waals surface area contributed by atoms with Crippen molar-refractivity contribution in [3.05, 3.63) is 21.3 Å². The summed E-state index contributed by atoms with van der Waals surface area (Å²) in [6, 6.07) is 4.10. The predicted octanol–water partition coefficient (Wildman–Crippen LogP) is 3.13. The molecule has 3 rings (SSSR count). The molecule has 2 heterocycles. The second kappa shape index (κ2) is 8.21. The van der Waals surface area contributed by atoms with Gasteiger partial charge in [-0.15, -0.1) is 11.3 Å². The van der Waals surface area contributed by atoms with Crippen molar-refractivity contribution in [1.29, 1.82) is 0 Å². The van der Waals surface area contributed by atoms with Crippen molar-refractivity contribution < 1.29 is 9.59 Å². The number of rotatable bonds is 3. The summed E-state index contributed by atoms with van der Waals surface area (Å²) in [5.74, 6) is 0.117. The molecule has 0 atom stereocenters. The smallest absolute Gasteiger partial charge is 0.317 e. The minimum Gasteiger partial charge on any atom is -0.341 e. The summed E-state index contributed by atoms with van der Waals surface area (Å²) >= 11 is 7.37. The lowest BCUT2D eigenvalue weighted by atomic mass is 10.2. The summed E-state index contributed by atoms with van der Waals surface area (Å²) in [4.78, 5) is 29.5. The van der Waals surface area contributed by atoms with Gasteiger partial charge in [0, 0.05) is 37.1 Å². The first-order chi connectivity index (χ1) is 11.6. The number of hydrogen-bond acceptors (Lipinski definition) is 3. The number of thiophene rings is 1. The monoisotopic (exact) mass is 369 g/mol. The third kappa shape index (κ3) is 4.63. The summed E-state index contributed by atoms with van der Waals surface area (Å²) < 4.78 is 0.712. The maximum absolute atomic E-state index is 12.5. The van der Waals surface area contributed by atoms with Gasteiger partial charge in [0.05, 0.1) is 10.8 Å². The largest absolute Gasteiger partial charge is 0.341 e. The van der Waals surface area contributed by atoms with E-state index in [0.717, 1.165) is 24.1 Å². The molecule has 1 N–H and O–H groups in total. The topological polar surface area (TPSA) is 52.7 Å². The summed E-state index contributed by atoms with van der Waals surface area (Å²) in [6.07, 6.45) is 5.82. The average Bonchev–Trinajstić information content (AvgIpc) is 3.12. The lowest BCUT2D eigenvalue weighted by molar-refractivity contribution is -0.130. The molecule has 1 aliphatic carbocycles. The van der Waals surface area contributed by atoms with Crippen molar-refractivity contribution in [3.8, 4) is 0 Å². The predicted molar refractivity (Wildman–Crippen MR) is 96.6 cm³/mol. The molecule has 1 saturated heterocycles. The van der Waals surface area contributed by atoms with Gasteiger partial charge in [-0.3, -0.25) is 4.79 Å². The summed E-state index contributed by atoms with van der Waals surface area (Å²) in [5, 5.41) is 3.13. The molecule has 0 unspecified atom stereocenters. The average molecular weight is 370 g/mol. The fraction of sp³-hybridized carbons (Fsp3) is 0.647. The van der Waals surface area contributed by atoms with E-state index in [9.17, 15) is 9.59 Å². The lowest BCUT2D eigenvalue weighted by Gasteiger charge is -2.24. The Morgan fingerprint density at radius 3 is 2.50 bits per heavy atom. The molecule has 2 aliphatic rings. The van der Waals surface area contributed by atoms with E-state index < -0.39 is 0 Å². The molecule has 0 aromatic carbocycles. The van der Waals surface area contributed by atoms with E-state index in [1.54, 1.807) is 0 Å². The second-order valence-electron chi connectivity index (χ2n) is 6.53. The highest BCUT2D eigenvalue weighted by atomic mass is 35.5. The molecular formula is C17H24ClN3O2S. The number of carbonyl (C=O) groups excluding carboxylic acids is 2. The van der Waals surface area contributed by atoms with Crippen LogP contribution in [0.1, 0.15) is 37.0 Å². The van der Waals surface area contributed by atoms with E-state index in [0.29, 0.717) is 43.0 Å². The summed E-state index contributed by atoms with van der Waals surface area (Å²) in [7, 11) is 0. The van der Waals surface area contributed by atoms with Gasteiger partial charge in [0.2, 0.25) is 5.91 Å². The van der Waals surface area contributed by atoms with Crippen LogP contribution in [-0.2, 0) is 11.2 Å². The van der Waals surface area contributed by atoms with E-state index in [4.69, 9.17) is 11.6 Å². The first kappa shape index (κ1) is 17.5. The van der Waals surface area contributed by atoms with Crippen LogP contribution in [0.3, 0.4) is 0 Å². The van der Waals surface area contributed by atoms with Crippen LogP contribution in [0, 0.1) is 0 Å². The minimum atomic E-state index is 0.0289. The maximum atomic E-state index is 12.5. The Bertz CT molecular complexity index is 586. The van der Waals surface area contributed by atoms with Crippen molar-refractivity contribution in [2.75, 3.05) is 26.2 Å². The number of hydrogen-bond donors (Lipinski definition) is 1. The molecule has 2 fully saturated rings. The van der Waals surface area contributed by atoms with Gasteiger partial charge >= 0.3 is 6.03 Å². The van der Waals surface area contributed by atoms with Gasteiger partial charge in [-0.2, -0.15) is 0 Å². The third-order valence-electron chi connectivity index (χ3n) is 4.77. The van der Waals surface area contributed by atoms with Gasteiger partial charge in [-0.05, 0) is 31.4 Å². The molecule has 0 spiro atoms. The number of halogens is 1. The van der Waals surface area contributed by atoms with Crippen LogP contribution in [0.5, 0.6) is 0 Å². The van der Waals surface area contributed by atoms with Gasteiger partial charge < -0.3 is 15.1 Å². The minimum absolute atomic E-state index is 0.0289. The molecule has 1 saturated carbocycles. The van der Waals surface area contributed by atoms with E-state index in [1.165, 1.54) is 24.2 Å². The van der Waals surface area contributed by atoms with Gasteiger partial charge in [0.15, 0.2) is 0 Å². The zero-order valence-corrected chi connectivity index (χ0v) is 15.4. The molecule has 1 aromatic rings. The first-order valence-electron chi connectivity index (χ1n) is 8.69. The molecule has 7 heteroatoms. The highest BCUT2D eigenvalue weighted by molar-refractivity contribution is 7.16. The van der Waals surface area contributed by atoms with Crippen LogP contribution in [0.2, 0.25) is 4.34 Å². The van der Waals surface area contributed by atoms with Gasteiger partial charge in [0.1, 0.15) is 0 Å². The second-order valence-corrected chi connectivity index (χ2v) is 8.33. The standard InChI is InChI=1S/C17H24ClN3O2S/c18-15-7-6-14(24-15)12-16(22)20-8-3-9-21(11-10-20)17(23)19-13-4-1-2-5-13/h6-7,13H,1-5,8-12H2,(H,19,23). The van der Waals surface area contributed by atoms with Crippen LogP contribution < -0.4 is 5.32 Å². The van der Waals surface area contributed by atoms with E-state index in [2.05, 4.69) is 5.32 Å². The zero-order chi connectivity index (χ0) is 16.9. The van der Waals surface area contributed by atoms with Crippen LogP contribution >= 0.6 is 22.9 Å². The Balaban J connectivity index is 1.48. The van der Waals surface area contributed by atoms with E-state index in [-0.39, 0.29) is 11.9 Å². The Kier molecular flexibility index (Phi) is 6.00. The third-order valence-corrected chi connectivity index (χ3v) is 6.00. The molecule has 1 aliphatic heterocycles. The van der Waals surface area contributed by atoms with Crippen LogP contribution in [-0.4, -0.2) is 54.0 Å². The molecule has 24 heavy (non-hydrogen) atoms. The number of carbonyl (C=O) groups is 2. The molecule has 5 nitrogen and oxygen atoms in total. The Hall–Kier alpha value is -1.27. The number of nitrogens with one attached hydrogen (secondary N) is 1.